The van der Waals surface area contributed by atoms with Gasteiger partial charge in [-0.2, -0.15) is 9.40 Å². The first-order valence-corrected chi connectivity index (χ1v) is 7.45. The van der Waals surface area contributed by atoms with E-state index < -0.39 is 23.0 Å². The number of alkyl halides is 2. The molecule has 19 heavy (non-hydrogen) atoms. The van der Waals surface area contributed by atoms with Crippen molar-refractivity contribution in [3.05, 3.63) is 12.4 Å². The molecule has 1 N–H and O–H groups in total. The van der Waals surface area contributed by atoms with Gasteiger partial charge in [-0.05, 0) is 13.0 Å². The van der Waals surface area contributed by atoms with Crippen LogP contribution in [0, 0.1) is 0 Å². The van der Waals surface area contributed by atoms with Gasteiger partial charge in [0.2, 0.25) is 10.0 Å². The van der Waals surface area contributed by atoms with Gasteiger partial charge in [0.25, 0.3) is 6.43 Å². The summed E-state index contributed by atoms with van der Waals surface area (Å²) in [7, 11) is -3.64. The molecule has 0 spiro atoms. The molecule has 0 atom stereocenters. The number of hydrogen-bond acceptors (Lipinski definition) is 4. The molecule has 1 aromatic rings. The predicted molar refractivity (Wildman–Crippen MR) is 64.5 cm³/mol. The van der Waals surface area contributed by atoms with E-state index in [1.54, 1.807) is 0 Å². The van der Waals surface area contributed by atoms with Gasteiger partial charge in [0, 0.05) is 25.8 Å². The Bertz CT molecular complexity index is 509. The number of nitrogens with one attached hydrogen (secondary N) is 1. The van der Waals surface area contributed by atoms with Crippen LogP contribution < -0.4 is 5.32 Å². The van der Waals surface area contributed by atoms with E-state index in [1.807, 2.05) is 0 Å². The van der Waals surface area contributed by atoms with Crippen molar-refractivity contribution >= 4 is 10.0 Å². The van der Waals surface area contributed by atoms with Crippen LogP contribution in [0.2, 0.25) is 0 Å². The van der Waals surface area contributed by atoms with Gasteiger partial charge in [-0.15, -0.1) is 0 Å². The largest absolute Gasteiger partial charge is 0.315 e. The molecule has 1 aliphatic rings. The summed E-state index contributed by atoms with van der Waals surface area (Å²) in [5, 5.41) is 6.76. The fourth-order valence-corrected chi connectivity index (χ4v) is 3.36. The first-order chi connectivity index (χ1) is 9.00. The first-order valence-electron chi connectivity index (χ1n) is 6.01. The average molecular weight is 294 g/mol. The van der Waals surface area contributed by atoms with Crippen molar-refractivity contribution in [1.29, 1.82) is 0 Å². The van der Waals surface area contributed by atoms with E-state index in [0.717, 1.165) is 30.0 Å². The van der Waals surface area contributed by atoms with Crippen molar-refractivity contribution < 1.29 is 17.2 Å². The Morgan fingerprint density at radius 1 is 1.37 bits per heavy atom. The normalized spacial score (nSPS) is 18.7. The van der Waals surface area contributed by atoms with Crippen LogP contribution in [0.1, 0.15) is 6.42 Å². The summed E-state index contributed by atoms with van der Waals surface area (Å²) in [5.41, 5.74) is 0. The summed E-state index contributed by atoms with van der Waals surface area (Å²) in [6.07, 6.45) is 0.443. The molecule has 0 aromatic carbocycles. The van der Waals surface area contributed by atoms with Crippen molar-refractivity contribution in [3.63, 3.8) is 0 Å². The van der Waals surface area contributed by atoms with E-state index in [4.69, 9.17) is 0 Å². The van der Waals surface area contributed by atoms with E-state index in [-0.39, 0.29) is 4.90 Å². The minimum atomic E-state index is -3.64. The third-order valence-electron chi connectivity index (χ3n) is 2.87. The van der Waals surface area contributed by atoms with Crippen molar-refractivity contribution in [2.24, 2.45) is 0 Å². The topological polar surface area (TPSA) is 67.2 Å². The summed E-state index contributed by atoms with van der Waals surface area (Å²) < 4.78 is 51.3. The Hall–Kier alpha value is -1.06. The third kappa shape index (κ3) is 3.48. The molecule has 6 nitrogen and oxygen atoms in total. The number of sulfonamides is 1. The van der Waals surface area contributed by atoms with Crippen molar-refractivity contribution in [2.45, 2.75) is 24.3 Å². The Morgan fingerprint density at radius 2 is 2.16 bits per heavy atom. The van der Waals surface area contributed by atoms with Gasteiger partial charge in [-0.3, -0.25) is 4.68 Å². The SMILES string of the molecule is O=S(=O)(c1cnn(CC(F)F)c1)N1CCCNCC1. The van der Waals surface area contributed by atoms with Crippen molar-refractivity contribution in [1.82, 2.24) is 19.4 Å². The zero-order valence-corrected chi connectivity index (χ0v) is 11.1. The smallest absolute Gasteiger partial charge is 0.257 e. The Kier molecular flexibility index (Phi) is 4.48. The molecule has 1 saturated heterocycles. The number of aromatic nitrogens is 2. The van der Waals surface area contributed by atoms with Gasteiger partial charge in [0.15, 0.2) is 0 Å². The Morgan fingerprint density at radius 3 is 2.89 bits per heavy atom. The molecule has 9 heteroatoms. The molecule has 108 valence electrons. The minimum absolute atomic E-state index is 0.0324. The molecule has 2 rings (SSSR count). The van der Waals surface area contributed by atoms with Gasteiger partial charge in [0.1, 0.15) is 11.4 Å². The van der Waals surface area contributed by atoms with Crippen LogP contribution in [-0.2, 0) is 16.6 Å². The fraction of sp³-hybridized carbons (Fsp3) is 0.700. The van der Waals surface area contributed by atoms with Crippen LogP contribution in [0.4, 0.5) is 8.78 Å². The second kappa shape index (κ2) is 5.93. The molecule has 0 aliphatic carbocycles. The average Bonchev–Trinajstić information content (AvgIpc) is 2.64. The van der Waals surface area contributed by atoms with Gasteiger partial charge in [-0.1, -0.05) is 0 Å². The lowest BCUT2D eigenvalue weighted by Gasteiger charge is -2.18. The second-order valence-electron chi connectivity index (χ2n) is 4.30. The molecular formula is C10H16F2N4O2S. The molecule has 1 fully saturated rings. The number of halogens is 2. The molecular weight excluding hydrogens is 278 g/mol. The van der Waals surface area contributed by atoms with Crippen molar-refractivity contribution in [3.8, 4) is 0 Å². The Balaban J connectivity index is 2.16. The molecule has 0 saturated carbocycles. The van der Waals surface area contributed by atoms with Crippen LogP contribution in [0.25, 0.3) is 0 Å². The zero-order valence-electron chi connectivity index (χ0n) is 10.3. The monoisotopic (exact) mass is 294 g/mol. The summed E-state index contributed by atoms with van der Waals surface area (Å²) >= 11 is 0. The lowest BCUT2D eigenvalue weighted by molar-refractivity contribution is 0.121. The summed E-state index contributed by atoms with van der Waals surface area (Å²) in [6, 6.07) is 0. The molecule has 0 unspecified atom stereocenters. The molecule has 0 radical (unpaired) electrons. The molecule has 0 amide bonds. The summed E-state index contributed by atoms with van der Waals surface area (Å²) in [5.74, 6) is 0. The maximum atomic E-state index is 12.3. The maximum absolute atomic E-state index is 12.3. The van der Waals surface area contributed by atoms with Crippen LogP contribution in [0.15, 0.2) is 17.3 Å². The zero-order chi connectivity index (χ0) is 13.9. The van der Waals surface area contributed by atoms with E-state index in [0.29, 0.717) is 19.6 Å². The van der Waals surface area contributed by atoms with E-state index >= 15 is 0 Å². The number of rotatable bonds is 4. The fourth-order valence-electron chi connectivity index (χ4n) is 1.93. The molecule has 1 aromatic heterocycles. The highest BCUT2D eigenvalue weighted by molar-refractivity contribution is 7.89. The summed E-state index contributed by atoms with van der Waals surface area (Å²) in [6.45, 7) is 1.57. The molecule has 2 heterocycles. The first kappa shape index (κ1) is 14.4. The highest BCUT2D eigenvalue weighted by atomic mass is 32.2. The molecule has 0 bridgehead atoms. The van der Waals surface area contributed by atoms with Crippen LogP contribution in [0.5, 0.6) is 0 Å². The van der Waals surface area contributed by atoms with Crippen LogP contribution >= 0.6 is 0 Å². The van der Waals surface area contributed by atoms with Gasteiger partial charge < -0.3 is 5.32 Å². The van der Waals surface area contributed by atoms with Gasteiger partial charge >= 0.3 is 0 Å². The lowest BCUT2D eigenvalue weighted by Crippen LogP contribution is -2.34. The van der Waals surface area contributed by atoms with E-state index in [9.17, 15) is 17.2 Å². The molecule has 1 aliphatic heterocycles. The van der Waals surface area contributed by atoms with Crippen LogP contribution in [0.3, 0.4) is 0 Å². The Labute approximate surface area is 110 Å². The predicted octanol–water partition coefficient (Wildman–Crippen LogP) is 0.132. The standard InChI is InChI=1S/C10H16F2N4O2S/c11-10(12)8-15-7-9(6-14-15)19(17,18)16-4-1-2-13-3-5-16/h6-7,10,13H,1-5,8H2. The van der Waals surface area contributed by atoms with E-state index in [2.05, 4.69) is 10.4 Å². The third-order valence-corrected chi connectivity index (χ3v) is 4.72. The van der Waals surface area contributed by atoms with Crippen LogP contribution in [-0.4, -0.2) is 55.1 Å². The minimum Gasteiger partial charge on any atom is -0.315 e. The highest BCUT2D eigenvalue weighted by Crippen LogP contribution is 2.16. The maximum Gasteiger partial charge on any atom is 0.257 e. The quantitative estimate of drug-likeness (QED) is 0.857. The second-order valence-corrected chi connectivity index (χ2v) is 6.23. The van der Waals surface area contributed by atoms with E-state index in [1.165, 1.54) is 4.31 Å². The number of hydrogen-bond donors (Lipinski definition) is 1. The highest BCUT2D eigenvalue weighted by Gasteiger charge is 2.26. The summed E-state index contributed by atoms with van der Waals surface area (Å²) in [4.78, 5) is -0.0324. The van der Waals surface area contributed by atoms with Crippen molar-refractivity contribution in [2.75, 3.05) is 26.2 Å². The van der Waals surface area contributed by atoms with Gasteiger partial charge in [-0.25, -0.2) is 17.2 Å². The van der Waals surface area contributed by atoms with Gasteiger partial charge in [0.05, 0.1) is 6.20 Å². The number of nitrogens with zero attached hydrogens (tertiary/aromatic N) is 3. The lowest BCUT2D eigenvalue weighted by atomic mass is 10.4.